The number of halogens is 1. The fourth-order valence-electron chi connectivity index (χ4n) is 1.63. The Labute approximate surface area is 106 Å². The van der Waals surface area contributed by atoms with Crippen LogP contribution in [-0.4, -0.2) is 12.0 Å². The Kier molecular flexibility index (Phi) is 3.89. The molecule has 0 aliphatic carbocycles. The Balaban J connectivity index is 2.30. The smallest absolute Gasteiger partial charge is 0.223 e. The first-order chi connectivity index (χ1) is 8.70. The minimum atomic E-state index is -0.318. The number of nitrogens with one attached hydrogen (secondary N) is 1. The Morgan fingerprint density at radius 2 is 2.17 bits per heavy atom. The maximum Gasteiger partial charge on any atom is 0.223 e. The maximum absolute atomic E-state index is 13.2. The van der Waals surface area contributed by atoms with E-state index in [0.717, 1.165) is 11.1 Å². The summed E-state index contributed by atoms with van der Waals surface area (Å²) in [6, 6.07) is 8.24. The molecule has 4 heteroatoms. The number of aryl methyl sites for hydroxylation is 1. The van der Waals surface area contributed by atoms with Crippen LogP contribution < -0.4 is 10.1 Å². The minimum Gasteiger partial charge on any atom is -0.438 e. The number of benzene rings is 1. The lowest BCUT2D eigenvalue weighted by molar-refractivity contribution is 0.446. The Morgan fingerprint density at radius 1 is 1.33 bits per heavy atom. The van der Waals surface area contributed by atoms with E-state index in [1.165, 1.54) is 12.1 Å². The minimum absolute atomic E-state index is 0.318. The molecular formula is C14H15FN2O. The molecule has 2 rings (SSSR count). The molecule has 0 aliphatic heterocycles. The van der Waals surface area contributed by atoms with Crippen molar-refractivity contribution in [3.8, 4) is 11.6 Å². The molecule has 18 heavy (non-hydrogen) atoms. The SMILES string of the molecule is CNCc1cccnc1Oc1cc(F)ccc1C. The summed E-state index contributed by atoms with van der Waals surface area (Å²) >= 11 is 0. The van der Waals surface area contributed by atoms with Crippen LogP contribution in [0.25, 0.3) is 0 Å². The van der Waals surface area contributed by atoms with Crippen molar-refractivity contribution in [1.82, 2.24) is 10.3 Å². The quantitative estimate of drug-likeness (QED) is 0.900. The molecule has 0 unspecified atom stereocenters. The maximum atomic E-state index is 13.2. The van der Waals surface area contributed by atoms with Crippen LogP contribution in [0.3, 0.4) is 0 Å². The highest BCUT2D eigenvalue weighted by Crippen LogP contribution is 2.26. The van der Waals surface area contributed by atoms with Gasteiger partial charge >= 0.3 is 0 Å². The number of nitrogens with zero attached hydrogens (tertiary/aromatic N) is 1. The van der Waals surface area contributed by atoms with E-state index in [1.807, 2.05) is 26.1 Å². The van der Waals surface area contributed by atoms with Crippen molar-refractivity contribution in [2.24, 2.45) is 0 Å². The van der Waals surface area contributed by atoms with E-state index in [2.05, 4.69) is 10.3 Å². The largest absolute Gasteiger partial charge is 0.438 e. The molecule has 94 valence electrons. The lowest BCUT2D eigenvalue weighted by Crippen LogP contribution is -2.07. The van der Waals surface area contributed by atoms with E-state index in [4.69, 9.17) is 4.74 Å². The van der Waals surface area contributed by atoms with Crippen molar-refractivity contribution in [2.75, 3.05) is 7.05 Å². The van der Waals surface area contributed by atoms with Crippen molar-refractivity contribution in [3.63, 3.8) is 0 Å². The number of ether oxygens (including phenoxy) is 1. The van der Waals surface area contributed by atoms with Crippen molar-refractivity contribution >= 4 is 0 Å². The molecule has 1 aromatic carbocycles. The molecule has 0 radical (unpaired) electrons. The molecule has 0 aliphatic rings. The van der Waals surface area contributed by atoms with Gasteiger partial charge in [0.1, 0.15) is 11.6 Å². The van der Waals surface area contributed by atoms with E-state index in [9.17, 15) is 4.39 Å². The molecule has 1 heterocycles. The number of rotatable bonds is 4. The first-order valence-corrected chi connectivity index (χ1v) is 5.73. The van der Waals surface area contributed by atoms with Gasteiger partial charge in [-0.3, -0.25) is 0 Å². The van der Waals surface area contributed by atoms with Gasteiger partial charge in [-0.15, -0.1) is 0 Å². The Morgan fingerprint density at radius 3 is 2.94 bits per heavy atom. The number of pyridine rings is 1. The standard InChI is InChI=1S/C14H15FN2O/c1-10-5-6-12(15)8-13(10)18-14-11(9-16-2)4-3-7-17-14/h3-8,16H,9H2,1-2H3. The van der Waals surface area contributed by atoms with Gasteiger partial charge in [-0.2, -0.15) is 0 Å². The van der Waals surface area contributed by atoms with Gasteiger partial charge in [0.15, 0.2) is 0 Å². The van der Waals surface area contributed by atoms with Gasteiger partial charge in [-0.1, -0.05) is 12.1 Å². The fraction of sp³-hybridized carbons (Fsp3) is 0.214. The third-order valence-electron chi connectivity index (χ3n) is 2.57. The summed E-state index contributed by atoms with van der Waals surface area (Å²) in [4.78, 5) is 4.18. The summed E-state index contributed by atoms with van der Waals surface area (Å²) in [6.45, 7) is 2.52. The van der Waals surface area contributed by atoms with E-state index < -0.39 is 0 Å². The van der Waals surface area contributed by atoms with Crippen molar-refractivity contribution in [3.05, 3.63) is 53.5 Å². The highest BCUT2D eigenvalue weighted by atomic mass is 19.1. The third-order valence-corrected chi connectivity index (χ3v) is 2.57. The molecule has 0 amide bonds. The van der Waals surface area contributed by atoms with Crippen LogP contribution in [0.15, 0.2) is 36.5 Å². The second-order valence-electron chi connectivity index (χ2n) is 4.01. The zero-order valence-corrected chi connectivity index (χ0v) is 10.4. The first kappa shape index (κ1) is 12.5. The van der Waals surface area contributed by atoms with Gasteiger partial charge in [-0.05, 0) is 31.7 Å². The lowest BCUT2D eigenvalue weighted by atomic mass is 10.2. The summed E-state index contributed by atoms with van der Waals surface area (Å²) in [7, 11) is 1.85. The summed E-state index contributed by atoms with van der Waals surface area (Å²) in [6.07, 6.45) is 1.66. The number of hydrogen-bond donors (Lipinski definition) is 1. The van der Waals surface area contributed by atoms with Crippen LogP contribution in [0.2, 0.25) is 0 Å². The highest BCUT2D eigenvalue weighted by molar-refractivity contribution is 5.37. The summed E-state index contributed by atoms with van der Waals surface area (Å²) in [5.41, 5.74) is 1.81. The highest BCUT2D eigenvalue weighted by Gasteiger charge is 2.08. The van der Waals surface area contributed by atoms with Crippen LogP contribution >= 0.6 is 0 Å². The van der Waals surface area contributed by atoms with E-state index >= 15 is 0 Å². The van der Waals surface area contributed by atoms with Crippen molar-refractivity contribution in [1.29, 1.82) is 0 Å². The zero-order chi connectivity index (χ0) is 13.0. The van der Waals surface area contributed by atoms with Crippen molar-refractivity contribution in [2.45, 2.75) is 13.5 Å². The predicted octanol–water partition coefficient (Wildman–Crippen LogP) is 3.04. The number of aromatic nitrogens is 1. The van der Waals surface area contributed by atoms with Crippen molar-refractivity contribution < 1.29 is 9.13 Å². The van der Waals surface area contributed by atoms with Crippen LogP contribution in [-0.2, 0) is 6.54 Å². The molecule has 1 aromatic heterocycles. The zero-order valence-electron chi connectivity index (χ0n) is 10.4. The molecule has 0 fully saturated rings. The van der Waals surface area contributed by atoms with E-state index in [-0.39, 0.29) is 5.82 Å². The molecule has 0 bridgehead atoms. The summed E-state index contributed by atoms with van der Waals surface area (Å²) < 4.78 is 18.9. The monoisotopic (exact) mass is 246 g/mol. The molecule has 2 aromatic rings. The molecule has 0 saturated carbocycles. The second kappa shape index (κ2) is 5.60. The van der Waals surface area contributed by atoms with Gasteiger partial charge in [0, 0.05) is 24.4 Å². The molecule has 0 atom stereocenters. The van der Waals surface area contributed by atoms with Crippen LogP contribution in [0.5, 0.6) is 11.6 Å². The van der Waals surface area contributed by atoms with Crippen LogP contribution in [0.1, 0.15) is 11.1 Å². The lowest BCUT2D eigenvalue weighted by Gasteiger charge is -2.11. The van der Waals surface area contributed by atoms with Crippen LogP contribution in [0, 0.1) is 12.7 Å². The average molecular weight is 246 g/mol. The van der Waals surface area contributed by atoms with E-state index in [0.29, 0.717) is 18.2 Å². The molecular weight excluding hydrogens is 231 g/mol. The Bertz CT molecular complexity index is 543. The van der Waals surface area contributed by atoms with Gasteiger partial charge < -0.3 is 10.1 Å². The predicted molar refractivity (Wildman–Crippen MR) is 68.2 cm³/mol. The average Bonchev–Trinajstić information content (AvgIpc) is 2.36. The normalized spacial score (nSPS) is 10.4. The van der Waals surface area contributed by atoms with Gasteiger partial charge in [-0.25, -0.2) is 9.37 Å². The van der Waals surface area contributed by atoms with E-state index in [1.54, 1.807) is 12.3 Å². The molecule has 0 spiro atoms. The molecule has 3 nitrogen and oxygen atoms in total. The second-order valence-corrected chi connectivity index (χ2v) is 4.01. The third kappa shape index (κ3) is 2.84. The molecule has 0 saturated heterocycles. The van der Waals surface area contributed by atoms with Gasteiger partial charge in [0.25, 0.3) is 0 Å². The Hall–Kier alpha value is -1.94. The first-order valence-electron chi connectivity index (χ1n) is 5.73. The topological polar surface area (TPSA) is 34.2 Å². The van der Waals surface area contributed by atoms with Crippen LogP contribution in [0.4, 0.5) is 4.39 Å². The number of hydrogen-bond acceptors (Lipinski definition) is 3. The fourth-order valence-corrected chi connectivity index (χ4v) is 1.63. The summed E-state index contributed by atoms with van der Waals surface area (Å²) in [5, 5.41) is 3.04. The summed E-state index contributed by atoms with van der Waals surface area (Å²) in [5.74, 6) is 0.674. The molecule has 1 N–H and O–H groups in total. The van der Waals surface area contributed by atoms with Gasteiger partial charge in [0.2, 0.25) is 5.88 Å². The van der Waals surface area contributed by atoms with Gasteiger partial charge in [0.05, 0.1) is 0 Å².